The number of carboxylic acid groups (broad SMARTS) is 1. The van der Waals surface area contributed by atoms with Gasteiger partial charge in [0.2, 0.25) is 5.91 Å². The molecule has 1 amide bonds. The molecule has 6 heteroatoms. The van der Waals surface area contributed by atoms with E-state index in [1.807, 2.05) is 5.43 Å². The highest BCUT2D eigenvalue weighted by molar-refractivity contribution is 5.77. The van der Waals surface area contributed by atoms with Crippen molar-refractivity contribution >= 4 is 11.9 Å². The normalized spacial score (nSPS) is 12.2. The van der Waals surface area contributed by atoms with E-state index in [-0.39, 0.29) is 12.8 Å². The van der Waals surface area contributed by atoms with Gasteiger partial charge in [-0.1, -0.05) is 0 Å². The fourth-order valence-electron chi connectivity index (χ4n) is 0.482. The van der Waals surface area contributed by atoms with Crippen LogP contribution in [-0.4, -0.2) is 23.0 Å². The lowest BCUT2D eigenvalue weighted by Gasteiger charge is -2.03. The summed E-state index contributed by atoms with van der Waals surface area (Å²) in [7, 11) is 0. The zero-order valence-corrected chi connectivity index (χ0v) is 5.91. The minimum Gasteiger partial charge on any atom is -0.480 e. The summed E-state index contributed by atoms with van der Waals surface area (Å²) in [4.78, 5) is 20.6. The van der Waals surface area contributed by atoms with Crippen LogP contribution in [0.25, 0.3) is 0 Å². The highest BCUT2D eigenvalue weighted by Crippen LogP contribution is 1.93. The zero-order valence-electron chi connectivity index (χ0n) is 5.91. The number of rotatable bonds is 4. The molecule has 6 nitrogen and oxygen atoms in total. The van der Waals surface area contributed by atoms with Gasteiger partial charge in [-0.05, 0) is 6.42 Å². The van der Waals surface area contributed by atoms with Crippen LogP contribution in [-0.2, 0) is 9.59 Å². The summed E-state index contributed by atoms with van der Waals surface area (Å²) in [5, 5.41) is 8.28. The maximum absolute atomic E-state index is 10.5. The first kappa shape index (κ1) is 9.86. The summed E-state index contributed by atoms with van der Waals surface area (Å²) in [6.07, 6.45) is 0.127. The molecule has 0 fully saturated rings. The largest absolute Gasteiger partial charge is 0.480 e. The Bertz CT molecular complexity index is 159. The monoisotopic (exact) mass is 161 g/mol. The number of aliphatic carboxylic acids is 1. The average molecular weight is 161 g/mol. The topological polar surface area (TPSA) is 118 Å². The van der Waals surface area contributed by atoms with Crippen molar-refractivity contribution in [3.8, 4) is 0 Å². The van der Waals surface area contributed by atoms with Crippen LogP contribution < -0.4 is 17.0 Å². The maximum atomic E-state index is 10.5. The van der Waals surface area contributed by atoms with E-state index in [0.29, 0.717) is 0 Å². The molecule has 0 aliphatic carbocycles. The number of carboxylic acids is 1. The number of nitrogens with one attached hydrogen (secondary N) is 1. The van der Waals surface area contributed by atoms with Gasteiger partial charge in [0.25, 0.3) is 0 Å². The lowest BCUT2D eigenvalue weighted by Crippen LogP contribution is -2.34. The molecule has 0 aliphatic heterocycles. The quantitative estimate of drug-likeness (QED) is 0.220. The van der Waals surface area contributed by atoms with Crippen LogP contribution in [0.5, 0.6) is 0 Å². The van der Waals surface area contributed by atoms with E-state index in [0.717, 1.165) is 0 Å². The molecular weight excluding hydrogens is 150 g/mol. The Kier molecular flexibility index (Phi) is 4.16. The van der Waals surface area contributed by atoms with Gasteiger partial charge in [0, 0.05) is 6.42 Å². The van der Waals surface area contributed by atoms with E-state index in [2.05, 4.69) is 0 Å². The van der Waals surface area contributed by atoms with Crippen molar-refractivity contribution in [3.63, 3.8) is 0 Å². The summed E-state index contributed by atoms with van der Waals surface area (Å²) in [5.41, 5.74) is 6.97. The number of nitrogens with two attached hydrogens (primary N) is 2. The molecule has 0 bridgehead atoms. The SMILES string of the molecule is NNC(=O)CCC(N)C(=O)O. The molecule has 0 rings (SSSR count). The Labute approximate surface area is 63.5 Å². The van der Waals surface area contributed by atoms with Crippen molar-refractivity contribution in [2.45, 2.75) is 18.9 Å². The van der Waals surface area contributed by atoms with E-state index < -0.39 is 17.9 Å². The van der Waals surface area contributed by atoms with E-state index in [1.165, 1.54) is 0 Å². The van der Waals surface area contributed by atoms with Crippen molar-refractivity contribution in [2.24, 2.45) is 11.6 Å². The molecule has 11 heavy (non-hydrogen) atoms. The molecule has 64 valence electrons. The predicted octanol–water partition coefficient (Wildman–Crippen LogP) is -1.83. The van der Waals surface area contributed by atoms with Gasteiger partial charge < -0.3 is 10.8 Å². The van der Waals surface area contributed by atoms with Gasteiger partial charge in [-0.2, -0.15) is 0 Å². The minimum absolute atomic E-state index is 0.0317. The molecule has 0 aromatic rings. The van der Waals surface area contributed by atoms with Gasteiger partial charge in [-0.15, -0.1) is 0 Å². The molecule has 0 aromatic heterocycles. The van der Waals surface area contributed by atoms with Crippen molar-refractivity contribution in [1.29, 1.82) is 0 Å². The van der Waals surface area contributed by atoms with E-state index in [9.17, 15) is 9.59 Å². The molecule has 0 aromatic carbocycles. The van der Waals surface area contributed by atoms with Crippen LogP contribution in [0.1, 0.15) is 12.8 Å². The second-order valence-corrected chi connectivity index (χ2v) is 2.05. The Morgan fingerprint density at radius 1 is 1.55 bits per heavy atom. The smallest absolute Gasteiger partial charge is 0.320 e. The third-order valence-corrected chi connectivity index (χ3v) is 1.16. The fourth-order valence-corrected chi connectivity index (χ4v) is 0.482. The highest BCUT2D eigenvalue weighted by atomic mass is 16.4. The van der Waals surface area contributed by atoms with Gasteiger partial charge in [0.05, 0.1) is 0 Å². The summed E-state index contributed by atoms with van der Waals surface area (Å²) < 4.78 is 0. The lowest BCUT2D eigenvalue weighted by molar-refractivity contribution is -0.138. The Morgan fingerprint density at radius 3 is 2.45 bits per heavy atom. The van der Waals surface area contributed by atoms with Crippen LogP contribution >= 0.6 is 0 Å². The van der Waals surface area contributed by atoms with E-state index >= 15 is 0 Å². The first-order valence-corrected chi connectivity index (χ1v) is 3.05. The summed E-state index contributed by atoms with van der Waals surface area (Å²) in [5.74, 6) is 3.22. The van der Waals surface area contributed by atoms with Crippen LogP contribution in [0.15, 0.2) is 0 Å². The van der Waals surface area contributed by atoms with Crippen LogP contribution in [0.3, 0.4) is 0 Å². The Balaban J connectivity index is 3.54. The zero-order chi connectivity index (χ0) is 8.85. The number of hydrogen-bond acceptors (Lipinski definition) is 4. The molecule has 0 aliphatic rings. The maximum Gasteiger partial charge on any atom is 0.320 e. The number of hydrogen-bond donors (Lipinski definition) is 4. The van der Waals surface area contributed by atoms with Gasteiger partial charge >= 0.3 is 5.97 Å². The number of hydrazine groups is 1. The van der Waals surface area contributed by atoms with Crippen LogP contribution in [0.4, 0.5) is 0 Å². The third-order valence-electron chi connectivity index (χ3n) is 1.16. The molecule has 1 atom stereocenters. The molecule has 1 unspecified atom stereocenters. The Hall–Kier alpha value is -1.14. The molecule has 0 radical (unpaired) electrons. The molecule has 0 spiro atoms. The summed E-state index contributed by atoms with van der Waals surface area (Å²) in [6.45, 7) is 0. The molecule has 0 saturated heterocycles. The predicted molar refractivity (Wildman–Crippen MR) is 37.2 cm³/mol. The first-order chi connectivity index (χ1) is 5.07. The molecule has 0 heterocycles. The second-order valence-electron chi connectivity index (χ2n) is 2.05. The molecule has 6 N–H and O–H groups in total. The number of carbonyl (C=O) groups is 2. The number of carbonyl (C=O) groups excluding carboxylic acids is 1. The van der Waals surface area contributed by atoms with Crippen LogP contribution in [0, 0.1) is 0 Å². The molecular formula is C5H11N3O3. The van der Waals surface area contributed by atoms with Gasteiger partial charge in [-0.25, -0.2) is 5.84 Å². The van der Waals surface area contributed by atoms with E-state index in [1.54, 1.807) is 0 Å². The summed E-state index contributed by atoms with van der Waals surface area (Å²) >= 11 is 0. The van der Waals surface area contributed by atoms with E-state index in [4.69, 9.17) is 16.7 Å². The van der Waals surface area contributed by atoms with Gasteiger partial charge in [-0.3, -0.25) is 15.0 Å². The lowest BCUT2D eigenvalue weighted by atomic mass is 10.2. The van der Waals surface area contributed by atoms with Crippen molar-refractivity contribution < 1.29 is 14.7 Å². The standard InChI is InChI=1S/C5H11N3O3/c6-3(5(10)11)1-2-4(9)8-7/h3H,1-2,6-7H2,(H,8,9)(H,10,11). The first-order valence-electron chi connectivity index (χ1n) is 3.05. The number of amides is 1. The minimum atomic E-state index is -1.12. The van der Waals surface area contributed by atoms with Crippen molar-refractivity contribution in [3.05, 3.63) is 0 Å². The fraction of sp³-hybridized carbons (Fsp3) is 0.600. The van der Waals surface area contributed by atoms with Crippen molar-refractivity contribution in [1.82, 2.24) is 5.43 Å². The highest BCUT2D eigenvalue weighted by Gasteiger charge is 2.12. The van der Waals surface area contributed by atoms with Crippen LogP contribution in [0.2, 0.25) is 0 Å². The van der Waals surface area contributed by atoms with Gasteiger partial charge in [0.15, 0.2) is 0 Å². The van der Waals surface area contributed by atoms with Gasteiger partial charge in [0.1, 0.15) is 6.04 Å². The summed E-state index contributed by atoms with van der Waals surface area (Å²) in [6, 6.07) is -0.993. The third kappa shape index (κ3) is 4.29. The Morgan fingerprint density at radius 2 is 2.09 bits per heavy atom. The average Bonchev–Trinajstić information content (AvgIpc) is 1.99. The second kappa shape index (κ2) is 4.64. The molecule has 0 saturated carbocycles. The van der Waals surface area contributed by atoms with Crippen molar-refractivity contribution in [2.75, 3.05) is 0 Å².